The predicted molar refractivity (Wildman–Crippen MR) is 76.6 cm³/mol. The van der Waals surface area contributed by atoms with E-state index in [1.165, 1.54) is 6.42 Å². The summed E-state index contributed by atoms with van der Waals surface area (Å²) < 4.78 is 5.64. The Hall–Kier alpha value is -1.36. The van der Waals surface area contributed by atoms with Gasteiger partial charge in [0.05, 0.1) is 6.10 Å². The molecule has 0 saturated carbocycles. The Bertz CT molecular complexity index is 422. The third kappa shape index (κ3) is 4.06. The molecular formula is C14H24N4O. The molecule has 1 aromatic rings. The molecule has 1 fully saturated rings. The zero-order chi connectivity index (χ0) is 13.8. The first-order chi connectivity index (χ1) is 9.04. The molecule has 0 spiro atoms. The van der Waals surface area contributed by atoms with Crippen molar-refractivity contribution in [2.24, 2.45) is 0 Å². The quantitative estimate of drug-likeness (QED) is 0.872. The summed E-state index contributed by atoms with van der Waals surface area (Å²) >= 11 is 0. The third-order valence-electron chi connectivity index (χ3n) is 3.26. The molecule has 2 unspecified atom stereocenters. The maximum Gasteiger partial charge on any atom is 0.226 e. The molecule has 1 aliphatic heterocycles. The molecule has 0 aromatic carbocycles. The van der Waals surface area contributed by atoms with Crippen LogP contribution in [0.5, 0.6) is 5.88 Å². The monoisotopic (exact) mass is 264 g/mol. The zero-order valence-corrected chi connectivity index (χ0v) is 12.2. The summed E-state index contributed by atoms with van der Waals surface area (Å²) in [5.41, 5.74) is 0.921. The van der Waals surface area contributed by atoms with Crippen molar-refractivity contribution in [2.45, 2.75) is 58.7 Å². The van der Waals surface area contributed by atoms with Gasteiger partial charge in [0.2, 0.25) is 11.8 Å². The summed E-state index contributed by atoms with van der Waals surface area (Å²) in [7, 11) is 0. The molecule has 2 heterocycles. The van der Waals surface area contributed by atoms with E-state index in [1.54, 1.807) is 0 Å². The normalized spacial score (nSPS) is 23.4. The fourth-order valence-electron chi connectivity index (χ4n) is 2.31. The van der Waals surface area contributed by atoms with Crippen molar-refractivity contribution < 1.29 is 4.74 Å². The fourth-order valence-corrected chi connectivity index (χ4v) is 2.31. The molecule has 5 nitrogen and oxygen atoms in total. The summed E-state index contributed by atoms with van der Waals surface area (Å²) in [6, 6.07) is 2.68. The molecule has 1 aromatic heterocycles. The van der Waals surface area contributed by atoms with Crippen LogP contribution in [0, 0.1) is 6.92 Å². The summed E-state index contributed by atoms with van der Waals surface area (Å²) in [4.78, 5) is 8.87. The molecule has 2 atom stereocenters. The van der Waals surface area contributed by atoms with E-state index in [1.807, 2.05) is 26.8 Å². The number of piperidine rings is 1. The molecular weight excluding hydrogens is 240 g/mol. The van der Waals surface area contributed by atoms with Crippen LogP contribution in [-0.4, -0.2) is 34.7 Å². The van der Waals surface area contributed by atoms with Crippen molar-refractivity contribution in [3.05, 3.63) is 11.8 Å². The summed E-state index contributed by atoms with van der Waals surface area (Å²) in [5, 5.41) is 6.88. The van der Waals surface area contributed by atoms with Gasteiger partial charge in [0, 0.05) is 23.8 Å². The molecule has 0 radical (unpaired) electrons. The van der Waals surface area contributed by atoms with Crippen molar-refractivity contribution in [1.82, 2.24) is 15.3 Å². The van der Waals surface area contributed by atoms with Gasteiger partial charge in [-0.25, -0.2) is 4.98 Å². The van der Waals surface area contributed by atoms with E-state index in [2.05, 4.69) is 27.5 Å². The number of nitrogens with zero attached hydrogens (tertiary/aromatic N) is 2. The first-order valence-corrected chi connectivity index (χ1v) is 7.07. The Morgan fingerprint density at radius 2 is 2.21 bits per heavy atom. The highest BCUT2D eigenvalue weighted by Gasteiger charge is 2.21. The Kier molecular flexibility index (Phi) is 4.58. The number of hydrogen-bond acceptors (Lipinski definition) is 5. The van der Waals surface area contributed by atoms with Gasteiger partial charge in [-0.3, -0.25) is 0 Å². The number of nitrogens with one attached hydrogen (secondary N) is 2. The lowest BCUT2D eigenvalue weighted by Gasteiger charge is -2.30. The molecule has 1 aliphatic rings. The summed E-state index contributed by atoms with van der Waals surface area (Å²) in [5.74, 6) is 1.30. The Morgan fingerprint density at radius 3 is 2.89 bits per heavy atom. The fraction of sp³-hybridized carbons (Fsp3) is 0.714. The highest BCUT2D eigenvalue weighted by atomic mass is 16.5. The minimum absolute atomic E-state index is 0.123. The van der Waals surface area contributed by atoms with E-state index in [0.717, 1.165) is 18.7 Å². The van der Waals surface area contributed by atoms with Crippen LogP contribution in [0.1, 0.15) is 39.3 Å². The van der Waals surface area contributed by atoms with E-state index < -0.39 is 0 Å². The van der Waals surface area contributed by atoms with Gasteiger partial charge in [0.25, 0.3) is 0 Å². The largest absolute Gasteiger partial charge is 0.475 e. The average Bonchev–Trinajstić information content (AvgIpc) is 2.30. The van der Waals surface area contributed by atoms with E-state index in [9.17, 15) is 0 Å². The molecule has 2 rings (SSSR count). The van der Waals surface area contributed by atoms with Crippen LogP contribution in [0.2, 0.25) is 0 Å². The molecule has 5 heteroatoms. The lowest BCUT2D eigenvalue weighted by Crippen LogP contribution is -2.46. The van der Waals surface area contributed by atoms with Gasteiger partial charge in [-0.2, -0.15) is 4.98 Å². The lowest BCUT2D eigenvalue weighted by atomic mass is 10.0. The van der Waals surface area contributed by atoms with Gasteiger partial charge in [-0.1, -0.05) is 0 Å². The first-order valence-electron chi connectivity index (χ1n) is 7.07. The Balaban J connectivity index is 2.08. The van der Waals surface area contributed by atoms with Crippen molar-refractivity contribution in [1.29, 1.82) is 0 Å². The van der Waals surface area contributed by atoms with Gasteiger partial charge in [0.15, 0.2) is 0 Å². The molecule has 1 saturated heterocycles. The van der Waals surface area contributed by atoms with Crippen LogP contribution < -0.4 is 15.4 Å². The van der Waals surface area contributed by atoms with Crippen molar-refractivity contribution in [3.63, 3.8) is 0 Å². The van der Waals surface area contributed by atoms with Crippen LogP contribution in [0.25, 0.3) is 0 Å². The van der Waals surface area contributed by atoms with Crippen LogP contribution in [0.15, 0.2) is 6.07 Å². The maximum absolute atomic E-state index is 5.64. The van der Waals surface area contributed by atoms with Gasteiger partial charge in [-0.05, 0) is 47.1 Å². The molecule has 2 N–H and O–H groups in total. The minimum atomic E-state index is 0.123. The number of ether oxygens (including phenoxy) is 1. The maximum atomic E-state index is 5.64. The van der Waals surface area contributed by atoms with Gasteiger partial charge in [-0.15, -0.1) is 0 Å². The van der Waals surface area contributed by atoms with Crippen LogP contribution in [0.3, 0.4) is 0 Å². The zero-order valence-electron chi connectivity index (χ0n) is 12.2. The third-order valence-corrected chi connectivity index (χ3v) is 3.26. The molecule has 0 amide bonds. The van der Waals surface area contributed by atoms with Crippen LogP contribution in [0.4, 0.5) is 5.95 Å². The van der Waals surface area contributed by atoms with Gasteiger partial charge in [0.1, 0.15) is 0 Å². The van der Waals surface area contributed by atoms with Gasteiger partial charge >= 0.3 is 0 Å². The van der Waals surface area contributed by atoms with E-state index in [0.29, 0.717) is 23.9 Å². The van der Waals surface area contributed by atoms with Crippen molar-refractivity contribution in [3.8, 4) is 5.88 Å². The van der Waals surface area contributed by atoms with Crippen LogP contribution >= 0.6 is 0 Å². The average molecular weight is 264 g/mol. The Morgan fingerprint density at radius 1 is 1.42 bits per heavy atom. The lowest BCUT2D eigenvalue weighted by molar-refractivity contribution is 0.232. The first kappa shape index (κ1) is 14.1. The number of hydrogen-bond donors (Lipinski definition) is 2. The predicted octanol–water partition coefficient (Wildman–Crippen LogP) is 2.12. The SMILES string of the molecule is Cc1cc(OC(C)C)nc(NC2CCCNC2C)n1. The second-order valence-corrected chi connectivity index (χ2v) is 5.47. The summed E-state index contributed by atoms with van der Waals surface area (Å²) in [6.45, 7) is 9.24. The van der Waals surface area contributed by atoms with E-state index >= 15 is 0 Å². The summed E-state index contributed by atoms with van der Waals surface area (Å²) in [6.07, 6.45) is 2.45. The van der Waals surface area contributed by atoms with E-state index in [-0.39, 0.29) is 6.10 Å². The standard InChI is InChI=1S/C14H24N4O/c1-9(2)19-13-8-10(3)16-14(18-13)17-12-6-5-7-15-11(12)4/h8-9,11-12,15H,5-7H2,1-4H3,(H,16,17,18). The number of rotatable bonds is 4. The smallest absolute Gasteiger partial charge is 0.226 e. The van der Waals surface area contributed by atoms with E-state index in [4.69, 9.17) is 4.74 Å². The van der Waals surface area contributed by atoms with Crippen molar-refractivity contribution in [2.75, 3.05) is 11.9 Å². The topological polar surface area (TPSA) is 59.1 Å². The van der Waals surface area contributed by atoms with Crippen molar-refractivity contribution >= 4 is 5.95 Å². The molecule has 19 heavy (non-hydrogen) atoms. The number of aromatic nitrogens is 2. The Labute approximate surface area is 115 Å². The second kappa shape index (κ2) is 6.19. The molecule has 0 bridgehead atoms. The highest BCUT2D eigenvalue weighted by molar-refractivity contribution is 5.32. The van der Waals surface area contributed by atoms with Crippen LogP contribution in [-0.2, 0) is 0 Å². The number of anilines is 1. The second-order valence-electron chi connectivity index (χ2n) is 5.47. The highest BCUT2D eigenvalue weighted by Crippen LogP contribution is 2.17. The molecule has 106 valence electrons. The number of aryl methyl sites for hydroxylation is 1. The van der Waals surface area contributed by atoms with Gasteiger partial charge < -0.3 is 15.4 Å². The molecule has 0 aliphatic carbocycles. The minimum Gasteiger partial charge on any atom is -0.475 e.